The molecule has 29 heavy (non-hydrogen) atoms. The molecule has 0 saturated carbocycles. The van der Waals surface area contributed by atoms with Crippen LogP contribution in [0.25, 0.3) is 11.1 Å². The molecule has 0 unspecified atom stereocenters. The molecule has 10 nitrogen and oxygen atoms in total. The van der Waals surface area contributed by atoms with E-state index < -0.39 is 23.5 Å². The molecule has 0 aliphatic carbocycles. The van der Waals surface area contributed by atoms with Gasteiger partial charge in [0.15, 0.2) is 0 Å². The molecule has 0 spiro atoms. The maximum atomic E-state index is 13.1. The van der Waals surface area contributed by atoms with E-state index in [-0.39, 0.29) is 29.2 Å². The van der Waals surface area contributed by atoms with Gasteiger partial charge in [-0.1, -0.05) is 11.2 Å². The second-order valence-corrected chi connectivity index (χ2v) is 6.16. The van der Waals surface area contributed by atoms with Crippen molar-refractivity contribution in [1.29, 1.82) is 0 Å². The van der Waals surface area contributed by atoms with E-state index in [4.69, 9.17) is 14.0 Å². The van der Waals surface area contributed by atoms with E-state index in [1.807, 2.05) is 0 Å². The van der Waals surface area contributed by atoms with Gasteiger partial charge < -0.3 is 19.3 Å². The van der Waals surface area contributed by atoms with Crippen LogP contribution >= 0.6 is 0 Å². The van der Waals surface area contributed by atoms with Gasteiger partial charge in [-0.25, -0.2) is 4.79 Å². The Kier molecular flexibility index (Phi) is 5.62. The van der Waals surface area contributed by atoms with Crippen molar-refractivity contribution in [2.24, 2.45) is 0 Å². The van der Waals surface area contributed by atoms with E-state index in [1.165, 1.54) is 11.7 Å². The van der Waals surface area contributed by atoms with Gasteiger partial charge in [-0.3, -0.25) is 14.2 Å². The number of rotatable bonds is 6. The Bertz CT molecular complexity index is 1130. The number of amides is 1. The van der Waals surface area contributed by atoms with Crippen molar-refractivity contribution in [3.63, 3.8) is 0 Å². The lowest BCUT2D eigenvalue weighted by Gasteiger charge is -2.17. The van der Waals surface area contributed by atoms with Crippen molar-refractivity contribution < 1.29 is 23.6 Å². The van der Waals surface area contributed by atoms with Gasteiger partial charge in [-0.05, 0) is 32.9 Å². The molecule has 0 aliphatic rings. The van der Waals surface area contributed by atoms with E-state index in [9.17, 15) is 14.4 Å². The first-order valence-corrected chi connectivity index (χ1v) is 8.87. The van der Waals surface area contributed by atoms with Gasteiger partial charge in [-0.2, -0.15) is 4.98 Å². The second-order valence-electron chi connectivity index (χ2n) is 6.16. The van der Waals surface area contributed by atoms with E-state index in [2.05, 4.69) is 15.5 Å². The Morgan fingerprint density at radius 2 is 2.10 bits per heavy atom. The summed E-state index contributed by atoms with van der Waals surface area (Å²) in [6.45, 7) is 4.85. The average molecular weight is 400 g/mol. The summed E-state index contributed by atoms with van der Waals surface area (Å²) in [4.78, 5) is 42.0. The fraction of sp³-hybridized carbons (Fsp3) is 0.316. The number of nitrogens with zero attached hydrogens (tertiary/aromatic N) is 3. The highest BCUT2D eigenvalue weighted by Crippen LogP contribution is 2.20. The van der Waals surface area contributed by atoms with Crippen molar-refractivity contribution in [2.75, 3.05) is 19.0 Å². The molecule has 0 bridgehead atoms. The molecule has 2 heterocycles. The number of methoxy groups -OCH3 is 1. The van der Waals surface area contributed by atoms with Gasteiger partial charge in [0.25, 0.3) is 11.3 Å². The first-order valence-electron chi connectivity index (χ1n) is 8.87. The molecule has 1 aromatic carbocycles. The lowest BCUT2D eigenvalue weighted by molar-refractivity contribution is -0.118. The van der Waals surface area contributed by atoms with Crippen molar-refractivity contribution in [1.82, 2.24) is 14.7 Å². The van der Waals surface area contributed by atoms with E-state index in [1.54, 1.807) is 45.0 Å². The Morgan fingerprint density at radius 1 is 1.34 bits per heavy atom. The van der Waals surface area contributed by atoms with E-state index in [0.717, 1.165) is 0 Å². The number of anilines is 1. The minimum atomic E-state index is -0.921. The summed E-state index contributed by atoms with van der Waals surface area (Å²) in [7, 11) is 1.52. The highest BCUT2D eigenvalue weighted by atomic mass is 16.5. The minimum Gasteiger partial charge on any atom is -0.497 e. The molecule has 3 aromatic rings. The predicted octanol–water partition coefficient (Wildman–Crippen LogP) is 2.08. The van der Waals surface area contributed by atoms with Gasteiger partial charge in [0.1, 0.15) is 23.0 Å². The lowest BCUT2D eigenvalue weighted by Crippen LogP contribution is -2.34. The van der Waals surface area contributed by atoms with Crippen LogP contribution in [-0.2, 0) is 9.53 Å². The largest absolute Gasteiger partial charge is 0.497 e. The number of nitrogens with one attached hydrogen (secondary N) is 1. The van der Waals surface area contributed by atoms with Crippen LogP contribution in [0.4, 0.5) is 5.69 Å². The van der Waals surface area contributed by atoms with Crippen LogP contribution in [0, 0.1) is 6.92 Å². The van der Waals surface area contributed by atoms with Crippen molar-refractivity contribution >= 4 is 28.7 Å². The maximum Gasteiger partial charge on any atom is 0.361 e. The molecule has 1 amide bonds. The third-order valence-corrected chi connectivity index (χ3v) is 4.29. The number of carbonyl (C=O) groups excluding carboxylic acids is 2. The molecular weight excluding hydrogens is 380 g/mol. The topological polar surface area (TPSA) is 126 Å². The van der Waals surface area contributed by atoms with Crippen LogP contribution in [0.5, 0.6) is 5.75 Å². The SMILES string of the molecule is CCOC(=O)c1noc2nc(C)n([C@@H](C)C(=O)Nc3cccc(OC)c3)c(=O)c12. The number of fused-ring (bicyclic) bond motifs is 1. The van der Waals surface area contributed by atoms with Crippen molar-refractivity contribution in [2.45, 2.75) is 26.8 Å². The lowest BCUT2D eigenvalue weighted by atomic mass is 10.2. The van der Waals surface area contributed by atoms with Crippen LogP contribution in [0.3, 0.4) is 0 Å². The van der Waals surface area contributed by atoms with Gasteiger partial charge in [-0.15, -0.1) is 0 Å². The summed E-state index contributed by atoms with van der Waals surface area (Å²) in [5.41, 5.74) is -0.469. The van der Waals surface area contributed by atoms with Gasteiger partial charge >= 0.3 is 5.97 Å². The Hall–Kier alpha value is -3.69. The molecule has 2 aromatic heterocycles. The van der Waals surface area contributed by atoms with E-state index in [0.29, 0.717) is 11.4 Å². The quantitative estimate of drug-likeness (QED) is 0.623. The Morgan fingerprint density at radius 3 is 2.79 bits per heavy atom. The minimum absolute atomic E-state index is 0.0905. The molecule has 0 saturated heterocycles. The van der Waals surface area contributed by atoms with Crippen LogP contribution < -0.4 is 15.6 Å². The highest BCUT2D eigenvalue weighted by molar-refractivity contribution is 6.00. The third kappa shape index (κ3) is 3.82. The fourth-order valence-electron chi connectivity index (χ4n) is 2.88. The number of esters is 1. The maximum absolute atomic E-state index is 13.1. The summed E-state index contributed by atoms with van der Waals surface area (Å²) < 4.78 is 16.2. The summed E-state index contributed by atoms with van der Waals surface area (Å²) in [5, 5.41) is 6.21. The molecule has 0 aliphatic heterocycles. The Labute approximate surface area is 165 Å². The molecule has 0 radical (unpaired) electrons. The number of carbonyl (C=O) groups is 2. The fourth-order valence-corrected chi connectivity index (χ4v) is 2.88. The molecule has 1 N–H and O–H groups in total. The van der Waals surface area contributed by atoms with Crippen molar-refractivity contribution in [3.8, 4) is 5.75 Å². The zero-order chi connectivity index (χ0) is 21.1. The molecule has 3 rings (SSSR count). The smallest absolute Gasteiger partial charge is 0.361 e. The number of hydrogen-bond acceptors (Lipinski definition) is 8. The normalized spacial score (nSPS) is 11.9. The molecular formula is C19H20N4O6. The number of aryl methyl sites for hydroxylation is 1. The number of ether oxygens (including phenoxy) is 2. The molecule has 1 atom stereocenters. The number of aromatic nitrogens is 3. The first kappa shape index (κ1) is 20.1. The van der Waals surface area contributed by atoms with Gasteiger partial charge in [0.05, 0.1) is 13.7 Å². The highest BCUT2D eigenvalue weighted by Gasteiger charge is 2.27. The first-order chi connectivity index (χ1) is 13.9. The molecule has 10 heteroatoms. The van der Waals surface area contributed by atoms with E-state index >= 15 is 0 Å². The third-order valence-electron chi connectivity index (χ3n) is 4.29. The zero-order valence-corrected chi connectivity index (χ0v) is 16.4. The number of benzene rings is 1. The summed E-state index contributed by atoms with van der Waals surface area (Å²) in [6, 6.07) is 5.90. The Balaban J connectivity index is 1.99. The molecule has 152 valence electrons. The monoisotopic (exact) mass is 400 g/mol. The van der Waals surface area contributed by atoms with Crippen LogP contribution in [-0.4, -0.2) is 40.3 Å². The van der Waals surface area contributed by atoms with Gasteiger partial charge in [0, 0.05) is 11.8 Å². The standard InChI is InChI=1S/C19H20N4O6/c1-5-28-19(26)15-14-17(29-22-15)20-11(3)23(18(14)25)10(2)16(24)21-12-7-6-8-13(9-12)27-4/h6-10H,5H2,1-4H3,(H,21,24)/t10-/m0/s1. The summed E-state index contributed by atoms with van der Waals surface area (Å²) in [5.74, 6) is -0.425. The van der Waals surface area contributed by atoms with Crippen molar-refractivity contribution in [3.05, 3.63) is 46.1 Å². The second kappa shape index (κ2) is 8.13. The average Bonchev–Trinajstić information content (AvgIpc) is 3.12. The van der Waals surface area contributed by atoms with Gasteiger partial charge in [0.2, 0.25) is 11.6 Å². The van der Waals surface area contributed by atoms with Crippen LogP contribution in [0.15, 0.2) is 33.6 Å². The summed E-state index contributed by atoms with van der Waals surface area (Å²) >= 11 is 0. The van der Waals surface area contributed by atoms with Crippen LogP contribution in [0.1, 0.15) is 36.2 Å². The number of hydrogen-bond donors (Lipinski definition) is 1. The zero-order valence-electron chi connectivity index (χ0n) is 16.4. The van der Waals surface area contributed by atoms with Crippen LogP contribution in [0.2, 0.25) is 0 Å². The molecule has 0 fully saturated rings. The summed E-state index contributed by atoms with van der Waals surface area (Å²) in [6.07, 6.45) is 0. The predicted molar refractivity (Wildman–Crippen MR) is 103 cm³/mol.